The van der Waals surface area contributed by atoms with Gasteiger partial charge in [-0.15, -0.1) is 0 Å². The fourth-order valence-electron chi connectivity index (χ4n) is 6.59. The van der Waals surface area contributed by atoms with Gasteiger partial charge in [-0.05, 0) is 83.1 Å². The highest BCUT2D eigenvalue weighted by Gasteiger charge is 2.46. The number of nitrogen functional groups attached to an aromatic ring is 1. The van der Waals surface area contributed by atoms with Crippen LogP contribution in [0.25, 0.3) is 0 Å². The van der Waals surface area contributed by atoms with E-state index >= 15 is 0 Å². The molecule has 3 unspecified atom stereocenters. The van der Waals surface area contributed by atoms with Gasteiger partial charge in [-0.3, -0.25) is 23.2 Å². The highest BCUT2D eigenvalue weighted by atomic mass is 31.3. The zero-order chi connectivity index (χ0) is 50.8. The number of phosphoric ester groups is 2. The number of aliphatic hydroxyl groups excluding tert-OH is 3. The van der Waals surface area contributed by atoms with Gasteiger partial charge in [0.05, 0.1) is 19.3 Å². The molecule has 0 amide bonds. The van der Waals surface area contributed by atoms with Crippen molar-refractivity contribution in [1.82, 2.24) is 9.55 Å². The van der Waals surface area contributed by atoms with Crippen LogP contribution in [0, 0.1) is 0 Å². The summed E-state index contributed by atoms with van der Waals surface area (Å²) in [5, 5.41) is 30.8. The van der Waals surface area contributed by atoms with Crippen molar-refractivity contribution in [3.8, 4) is 0 Å². The Labute approximate surface area is 407 Å². The van der Waals surface area contributed by atoms with Crippen LogP contribution in [0.4, 0.5) is 5.82 Å². The summed E-state index contributed by atoms with van der Waals surface area (Å²) in [5.74, 6) is -1.41. The van der Waals surface area contributed by atoms with Gasteiger partial charge in [0.15, 0.2) is 12.3 Å². The third kappa shape index (κ3) is 29.2. The summed E-state index contributed by atoms with van der Waals surface area (Å²) in [6, 6.07) is 1.24. The monoisotopic (exact) mass is 1010 g/mol. The van der Waals surface area contributed by atoms with Crippen LogP contribution in [0.5, 0.6) is 0 Å². The van der Waals surface area contributed by atoms with Crippen LogP contribution in [0.1, 0.15) is 142 Å². The van der Waals surface area contributed by atoms with E-state index in [2.05, 4.69) is 40.5 Å². The minimum atomic E-state index is -5.45. The van der Waals surface area contributed by atoms with Crippen molar-refractivity contribution in [2.24, 2.45) is 0 Å². The van der Waals surface area contributed by atoms with Crippen molar-refractivity contribution < 1.29 is 71.4 Å². The number of unbranched alkanes of at least 4 members (excludes halogenated alkanes) is 10. The molecule has 7 N–H and O–H groups in total. The van der Waals surface area contributed by atoms with Gasteiger partial charge in [0.1, 0.15) is 30.7 Å². The minimum Gasteiger partial charge on any atom is -0.462 e. The van der Waals surface area contributed by atoms with Gasteiger partial charge in [-0.2, -0.15) is 9.29 Å². The summed E-state index contributed by atoms with van der Waals surface area (Å²) < 4.78 is 56.6. The van der Waals surface area contributed by atoms with Crippen LogP contribution in [-0.2, 0) is 46.3 Å². The minimum absolute atomic E-state index is 0.0174. The number of nitrogens with two attached hydrogens (primary N) is 1. The van der Waals surface area contributed by atoms with E-state index in [4.69, 9.17) is 29.0 Å². The molecule has 2 rings (SSSR count). The molecule has 1 fully saturated rings. The number of hydrogen-bond acceptors (Lipinski definition) is 16. The van der Waals surface area contributed by atoms with Gasteiger partial charge >= 0.3 is 33.3 Å². The number of carbonyl (C=O) groups excluding carboxylic acids is 2. The van der Waals surface area contributed by atoms with E-state index in [1.807, 2.05) is 49.5 Å². The Balaban J connectivity index is 1.86. The molecule has 0 bridgehead atoms. The largest absolute Gasteiger partial charge is 0.481 e. The maximum Gasteiger partial charge on any atom is 0.481 e. The lowest BCUT2D eigenvalue weighted by atomic mass is 10.1. The summed E-state index contributed by atoms with van der Waals surface area (Å²) in [6.45, 7) is 1.83. The Kier molecular flexibility index (Phi) is 32.1. The molecule has 2 heterocycles. The first kappa shape index (κ1) is 61.3. The van der Waals surface area contributed by atoms with Crippen LogP contribution in [0.15, 0.2) is 90.0 Å². The Morgan fingerprint density at radius 1 is 0.783 bits per heavy atom. The molecule has 390 valence electrons. The number of carbonyl (C=O) groups is 2. The molecule has 1 aromatic heterocycles. The number of ether oxygens (including phenoxy) is 3. The maximum absolute atomic E-state index is 12.8. The molecule has 0 radical (unpaired) electrons. The molecule has 1 aliphatic rings. The van der Waals surface area contributed by atoms with E-state index in [0.717, 1.165) is 75.0 Å². The zero-order valence-electron chi connectivity index (χ0n) is 40.2. The quantitative estimate of drug-likeness (QED) is 0.0119. The Morgan fingerprint density at radius 2 is 1.39 bits per heavy atom. The predicted octanol–water partition coefficient (Wildman–Crippen LogP) is 8.30. The highest BCUT2D eigenvalue weighted by molar-refractivity contribution is 7.61. The second-order valence-electron chi connectivity index (χ2n) is 16.4. The van der Waals surface area contributed by atoms with Crippen LogP contribution >= 0.6 is 15.6 Å². The van der Waals surface area contributed by atoms with Crippen LogP contribution in [-0.4, -0.2) is 96.9 Å². The zero-order valence-corrected chi connectivity index (χ0v) is 42.0. The summed E-state index contributed by atoms with van der Waals surface area (Å²) in [7, 11) is -10.9. The Bertz CT molecular complexity index is 1950. The van der Waals surface area contributed by atoms with Gasteiger partial charge in [0.25, 0.3) is 0 Å². The standard InChI is InChI=1S/C48H77N3O16P2/c1-3-5-7-8-9-10-11-12-13-14-15-18-22-25-29-33-44(54)65-40(36-62-43(53)32-28-24-21-19-16-17-20-23-27-31-39(52)30-26-6-4-2)37-63-68(58,59)67-69(60,61)64-38-41-45(55)46(56)47(66-41)51-35-34-42(49)50-48(51)57/h6,9-10,12-13,15,18,20,23,26-27,31,34-35,39-41,45-47,52,55-56H,3-5,7-8,11,14,16-17,19,21-22,24-25,28-30,32-33,36-38H2,1-2H3,(H,58,59)(H,60,61)(H2,49,50,57)/b10-9-,13-12-,18-15-,23-20+,26-6+,31-27+/t39?,40-,41-,45-,46-,47-/m1/s1. The number of anilines is 1. The molecule has 0 saturated carbocycles. The summed E-state index contributed by atoms with van der Waals surface area (Å²) in [5.41, 5.74) is 4.57. The first-order valence-electron chi connectivity index (χ1n) is 24.1. The molecule has 0 spiro atoms. The van der Waals surface area contributed by atoms with Crippen LogP contribution in [0.3, 0.4) is 0 Å². The number of hydrogen-bond donors (Lipinski definition) is 6. The van der Waals surface area contributed by atoms with Crippen molar-refractivity contribution in [3.63, 3.8) is 0 Å². The van der Waals surface area contributed by atoms with Crippen molar-refractivity contribution in [1.29, 1.82) is 0 Å². The summed E-state index contributed by atoms with van der Waals surface area (Å²) in [6.07, 6.45) is 31.8. The molecule has 1 saturated heterocycles. The van der Waals surface area contributed by atoms with E-state index < -0.39 is 89.8 Å². The smallest absolute Gasteiger partial charge is 0.462 e. The van der Waals surface area contributed by atoms with Crippen LogP contribution < -0.4 is 11.4 Å². The number of esters is 2. The molecule has 8 atom stereocenters. The fraction of sp³-hybridized carbons (Fsp3) is 0.625. The topological polar surface area (TPSA) is 286 Å². The van der Waals surface area contributed by atoms with Crippen LogP contribution in [0.2, 0.25) is 0 Å². The van der Waals surface area contributed by atoms with Crippen molar-refractivity contribution >= 4 is 33.4 Å². The lowest BCUT2D eigenvalue weighted by Gasteiger charge is -2.21. The Hall–Kier alpha value is -3.84. The van der Waals surface area contributed by atoms with Crippen molar-refractivity contribution in [3.05, 3.63) is 95.7 Å². The molecule has 21 heteroatoms. The number of aliphatic hydroxyl groups is 3. The summed E-state index contributed by atoms with van der Waals surface area (Å²) in [4.78, 5) is 61.8. The summed E-state index contributed by atoms with van der Waals surface area (Å²) >= 11 is 0. The van der Waals surface area contributed by atoms with Crippen molar-refractivity contribution in [2.75, 3.05) is 25.6 Å². The van der Waals surface area contributed by atoms with E-state index in [9.17, 15) is 48.6 Å². The van der Waals surface area contributed by atoms with E-state index in [1.54, 1.807) is 6.08 Å². The number of rotatable bonds is 38. The number of nitrogens with zero attached hydrogens (tertiary/aromatic N) is 2. The van der Waals surface area contributed by atoms with Gasteiger partial charge in [-0.25, -0.2) is 13.9 Å². The van der Waals surface area contributed by atoms with E-state index in [-0.39, 0.29) is 18.7 Å². The maximum atomic E-state index is 12.8. The van der Waals surface area contributed by atoms with Gasteiger partial charge in [0.2, 0.25) is 0 Å². The molecular formula is C48H77N3O16P2. The van der Waals surface area contributed by atoms with Gasteiger partial charge in [-0.1, -0.05) is 119 Å². The molecule has 69 heavy (non-hydrogen) atoms. The van der Waals surface area contributed by atoms with Gasteiger partial charge < -0.3 is 45.1 Å². The third-order valence-electron chi connectivity index (χ3n) is 10.4. The SMILES string of the molecule is CC/C=C/CC(O)/C=C/C=C/CCCCCCCC(=O)OC[C@H](COP(=O)(O)OP(=O)(O)OC[C@H]1O[C@@H](n2ccc(N)nc2=O)[C@H](O)[C@@H]1O)OC(=O)CCCC/C=C\C/C=C\C/C=C\CCCCC. The Morgan fingerprint density at radius 3 is 2.09 bits per heavy atom. The average Bonchev–Trinajstić information content (AvgIpc) is 3.58. The molecule has 0 aromatic carbocycles. The van der Waals surface area contributed by atoms with Gasteiger partial charge in [0, 0.05) is 19.0 Å². The molecular weight excluding hydrogens is 936 g/mol. The normalized spacial score (nSPS) is 20.4. The number of aromatic nitrogens is 2. The van der Waals surface area contributed by atoms with E-state index in [0.29, 0.717) is 25.7 Å². The number of phosphoric acid groups is 2. The second-order valence-corrected chi connectivity index (χ2v) is 19.5. The fourth-order valence-corrected chi connectivity index (χ4v) is 8.70. The lowest BCUT2D eigenvalue weighted by Crippen LogP contribution is -2.36. The molecule has 19 nitrogen and oxygen atoms in total. The lowest BCUT2D eigenvalue weighted by molar-refractivity contribution is -0.161. The molecule has 0 aliphatic carbocycles. The molecule has 1 aromatic rings. The van der Waals surface area contributed by atoms with Crippen molar-refractivity contribution in [2.45, 2.75) is 173 Å². The first-order valence-corrected chi connectivity index (χ1v) is 27.0. The first-order chi connectivity index (χ1) is 33.1. The third-order valence-corrected chi connectivity index (χ3v) is 13.0. The average molecular weight is 1010 g/mol. The highest BCUT2D eigenvalue weighted by Crippen LogP contribution is 2.60. The number of allylic oxidation sites excluding steroid dienone is 10. The predicted molar refractivity (Wildman–Crippen MR) is 262 cm³/mol. The second kappa shape index (κ2) is 36.1. The van der Waals surface area contributed by atoms with E-state index in [1.165, 1.54) is 25.3 Å². The molecule has 1 aliphatic heterocycles.